The number of nitrogens with one attached hydrogen (secondary N) is 1. The van der Waals surface area contributed by atoms with Gasteiger partial charge < -0.3 is 5.32 Å². The summed E-state index contributed by atoms with van der Waals surface area (Å²) in [6.45, 7) is 2.76. The first-order valence-electron chi connectivity index (χ1n) is 4.26. The molecule has 13 heavy (non-hydrogen) atoms. The summed E-state index contributed by atoms with van der Waals surface area (Å²) in [4.78, 5) is 4.28. The smallest absolute Gasteiger partial charge is 0.155 e. The molecule has 0 spiro atoms. The highest BCUT2D eigenvalue weighted by molar-refractivity contribution is 5.40. The second kappa shape index (κ2) is 3.14. The van der Waals surface area contributed by atoms with Gasteiger partial charge in [0.2, 0.25) is 0 Å². The second-order valence-electron chi connectivity index (χ2n) is 3.03. The zero-order chi connectivity index (χ0) is 9.26. The van der Waals surface area contributed by atoms with Crippen LogP contribution >= 0.6 is 0 Å². The zero-order valence-corrected chi connectivity index (χ0v) is 7.78. The largest absolute Gasteiger partial charge is 0.316 e. The number of pyridine rings is 1. The molecule has 2 rings (SSSR count). The summed E-state index contributed by atoms with van der Waals surface area (Å²) in [5.74, 6) is 0.807. The summed E-state index contributed by atoms with van der Waals surface area (Å²) in [5.41, 5.74) is 2.13. The van der Waals surface area contributed by atoms with Gasteiger partial charge in [0.1, 0.15) is 5.82 Å². The van der Waals surface area contributed by atoms with Crippen molar-refractivity contribution in [3.05, 3.63) is 29.7 Å². The summed E-state index contributed by atoms with van der Waals surface area (Å²) in [6.07, 6.45) is 1.93. The van der Waals surface area contributed by atoms with E-state index in [2.05, 4.69) is 15.4 Å². The molecule has 0 radical (unpaired) electrons. The molecule has 0 amide bonds. The zero-order valence-electron chi connectivity index (χ0n) is 7.78. The predicted octanol–water partition coefficient (Wildman–Crippen LogP) is 0.757. The van der Waals surface area contributed by atoms with Crippen molar-refractivity contribution in [2.24, 2.45) is 0 Å². The lowest BCUT2D eigenvalue weighted by Crippen LogP contribution is -2.05. The van der Waals surface area contributed by atoms with E-state index in [0.717, 1.165) is 18.0 Å². The summed E-state index contributed by atoms with van der Waals surface area (Å²) in [6, 6.07) is 4.08. The summed E-state index contributed by atoms with van der Waals surface area (Å²) < 4.78 is 1.79. The molecule has 2 aromatic rings. The van der Waals surface area contributed by atoms with Crippen LogP contribution in [0.1, 0.15) is 11.4 Å². The molecule has 0 saturated heterocycles. The lowest BCUT2D eigenvalue weighted by atomic mass is 10.3. The fourth-order valence-corrected chi connectivity index (χ4v) is 1.35. The van der Waals surface area contributed by atoms with Gasteiger partial charge in [-0.15, -0.1) is 0 Å². The average Bonchev–Trinajstić information content (AvgIpc) is 2.44. The number of rotatable bonds is 2. The van der Waals surface area contributed by atoms with Crippen molar-refractivity contribution in [3.63, 3.8) is 0 Å². The molecule has 0 aliphatic rings. The Morgan fingerprint density at radius 3 is 3.15 bits per heavy atom. The number of hydrogen-bond acceptors (Lipinski definition) is 3. The fourth-order valence-electron chi connectivity index (χ4n) is 1.35. The molecular weight excluding hydrogens is 164 g/mol. The third-order valence-electron chi connectivity index (χ3n) is 1.89. The van der Waals surface area contributed by atoms with Gasteiger partial charge in [0.25, 0.3) is 0 Å². The molecule has 0 saturated carbocycles. The maximum absolute atomic E-state index is 4.28. The molecule has 4 heteroatoms. The van der Waals surface area contributed by atoms with Crippen LogP contribution in [0.3, 0.4) is 0 Å². The van der Waals surface area contributed by atoms with Crippen LogP contribution in [0.15, 0.2) is 18.3 Å². The SMILES string of the molecule is CNCc1ccn2nc(C)nc2c1. The number of fused-ring (bicyclic) bond motifs is 1. The van der Waals surface area contributed by atoms with Crippen molar-refractivity contribution < 1.29 is 0 Å². The number of hydrogen-bond donors (Lipinski definition) is 1. The molecule has 0 unspecified atom stereocenters. The van der Waals surface area contributed by atoms with Crippen molar-refractivity contribution in [2.45, 2.75) is 13.5 Å². The van der Waals surface area contributed by atoms with Gasteiger partial charge in [0.15, 0.2) is 5.65 Å². The lowest BCUT2D eigenvalue weighted by Gasteiger charge is -1.98. The van der Waals surface area contributed by atoms with Crippen LogP contribution in [0.4, 0.5) is 0 Å². The molecule has 68 valence electrons. The van der Waals surface area contributed by atoms with Gasteiger partial charge in [-0.25, -0.2) is 9.50 Å². The van der Waals surface area contributed by atoms with Gasteiger partial charge in [-0.1, -0.05) is 0 Å². The van der Waals surface area contributed by atoms with Crippen LogP contribution in [0.5, 0.6) is 0 Å². The topological polar surface area (TPSA) is 42.2 Å². The third kappa shape index (κ3) is 1.53. The molecule has 1 N–H and O–H groups in total. The van der Waals surface area contributed by atoms with Crippen LogP contribution in [-0.4, -0.2) is 21.6 Å². The normalized spacial score (nSPS) is 10.9. The van der Waals surface area contributed by atoms with Gasteiger partial charge in [-0.2, -0.15) is 5.10 Å². The molecule has 0 aliphatic carbocycles. The van der Waals surface area contributed by atoms with E-state index >= 15 is 0 Å². The summed E-state index contributed by atoms with van der Waals surface area (Å²) in [7, 11) is 1.93. The van der Waals surface area contributed by atoms with Crippen LogP contribution in [0, 0.1) is 6.92 Å². The van der Waals surface area contributed by atoms with Crippen molar-refractivity contribution in [2.75, 3.05) is 7.05 Å². The molecule has 2 heterocycles. The van der Waals surface area contributed by atoms with Gasteiger partial charge >= 0.3 is 0 Å². The average molecular weight is 176 g/mol. The highest BCUT2D eigenvalue weighted by Crippen LogP contribution is 2.04. The summed E-state index contributed by atoms with van der Waals surface area (Å²) in [5, 5.41) is 7.30. The highest BCUT2D eigenvalue weighted by Gasteiger charge is 1.99. The van der Waals surface area contributed by atoms with Crippen LogP contribution in [0.25, 0.3) is 5.65 Å². The van der Waals surface area contributed by atoms with E-state index in [0.29, 0.717) is 0 Å². The predicted molar refractivity (Wildman–Crippen MR) is 50.5 cm³/mol. The molecule has 0 atom stereocenters. The van der Waals surface area contributed by atoms with Crippen molar-refractivity contribution in [3.8, 4) is 0 Å². The Labute approximate surface area is 76.6 Å². The van der Waals surface area contributed by atoms with Crippen LogP contribution in [0.2, 0.25) is 0 Å². The molecule has 4 nitrogen and oxygen atoms in total. The Balaban J connectivity index is 2.48. The molecule has 0 aromatic carbocycles. The van der Waals surface area contributed by atoms with Crippen molar-refractivity contribution in [1.82, 2.24) is 19.9 Å². The van der Waals surface area contributed by atoms with E-state index in [9.17, 15) is 0 Å². The molecule has 0 bridgehead atoms. The molecule has 0 aliphatic heterocycles. The number of nitrogens with zero attached hydrogens (tertiary/aromatic N) is 3. The molecule has 0 fully saturated rings. The van der Waals surface area contributed by atoms with E-state index in [1.54, 1.807) is 4.52 Å². The highest BCUT2D eigenvalue weighted by atomic mass is 15.3. The maximum atomic E-state index is 4.28. The van der Waals surface area contributed by atoms with Crippen molar-refractivity contribution >= 4 is 5.65 Å². The monoisotopic (exact) mass is 176 g/mol. The lowest BCUT2D eigenvalue weighted by molar-refractivity contribution is 0.813. The Morgan fingerprint density at radius 1 is 1.54 bits per heavy atom. The number of aryl methyl sites for hydroxylation is 1. The third-order valence-corrected chi connectivity index (χ3v) is 1.89. The van der Waals surface area contributed by atoms with Gasteiger partial charge in [-0.3, -0.25) is 0 Å². The van der Waals surface area contributed by atoms with E-state index in [1.807, 2.05) is 32.3 Å². The molecular formula is C9H12N4. The van der Waals surface area contributed by atoms with Gasteiger partial charge in [-0.05, 0) is 31.7 Å². The van der Waals surface area contributed by atoms with Gasteiger partial charge in [0.05, 0.1) is 0 Å². The minimum Gasteiger partial charge on any atom is -0.316 e. The minimum atomic E-state index is 0.807. The standard InChI is InChI=1S/C9H12N4/c1-7-11-9-5-8(6-10-2)3-4-13(9)12-7/h3-5,10H,6H2,1-2H3. The Morgan fingerprint density at radius 2 is 2.38 bits per heavy atom. The van der Waals surface area contributed by atoms with E-state index < -0.39 is 0 Å². The molecule has 2 aromatic heterocycles. The second-order valence-corrected chi connectivity index (χ2v) is 3.03. The first-order valence-corrected chi connectivity index (χ1v) is 4.26. The van der Waals surface area contributed by atoms with E-state index in [4.69, 9.17) is 0 Å². The maximum Gasteiger partial charge on any atom is 0.155 e. The Bertz CT molecular complexity index is 418. The summed E-state index contributed by atoms with van der Waals surface area (Å²) >= 11 is 0. The Kier molecular flexibility index (Phi) is 1.98. The van der Waals surface area contributed by atoms with Crippen LogP contribution < -0.4 is 5.32 Å². The fraction of sp³-hybridized carbons (Fsp3) is 0.333. The Hall–Kier alpha value is -1.42. The first kappa shape index (κ1) is 8.19. The van der Waals surface area contributed by atoms with E-state index in [-0.39, 0.29) is 0 Å². The van der Waals surface area contributed by atoms with Crippen molar-refractivity contribution in [1.29, 1.82) is 0 Å². The quantitative estimate of drug-likeness (QED) is 0.734. The van der Waals surface area contributed by atoms with Crippen LogP contribution in [-0.2, 0) is 6.54 Å². The number of aromatic nitrogens is 3. The van der Waals surface area contributed by atoms with Gasteiger partial charge in [0, 0.05) is 12.7 Å². The van der Waals surface area contributed by atoms with E-state index in [1.165, 1.54) is 5.56 Å². The first-order chi connectivity index (χ1) is 6.29. The minimum absolute atomic E-state index is 0.807.